The minimum absolute atomic E-state index is 0.530. The van der Waals surface area contributed by atoms with Crippen molar-refractivity contribution in [2.45, 2.75) is 25.2 Å². The molecule has 1 N–H and O–H groups in total. The van der Waals surface area contributed by atoms with E-state index < -0.39 is 5.97 Å². The molecule has 0 aromatic heterocycles. The quantitative estimate of drug-likeness (QED) is 0.388. The molecule has 1 heterocycles. The van der Waals surface area contributed by atoms with Crippen molar-refractivity contribution in [1.29, 1.82) is 0 Å². The molecule has 3 nitrogen and oxygen atoms in total. The van der Waals surface area contributed by atoms with E-state index in [1.165, 1.54) is 0 Å². The molecule has 54 valence electrons. The van der Waals surface area contributed by atoms with Crippen LogP contribution in [0.3, 0.4) is 0 Å². The van der Waals surface area contributed by atoms with Crippen LogP contribution in [0.5, 0.6) is 0 Å². The lowest BCUT2D eigenvalue weighted by Gasteiger charge is -2.30. The van der Waals surface area contributed by atoms with E-state index in [1.807, 2.05) is 0 Å². The molecular weight excluding hydrogens is 136 g/mol. The van der Waals surface area contributed by atoms with E-state index in [1.54, 1.807) is 0 Å². The van der Waals surface area contributed by atoms with Crippen LogP contribution in [-0.4, -0.2) is 28.2 Å². The van der Waals surface area contributed by atoms with Gasteiger partial charge in [0.25, 0.3) is 5.97 Å². The molecule has 0 aromatic rings. The summed E-state index contributed by atoms with van der Waals surface area (Å²) in [7, 11) is 0.530. The van der Waals surface area contributed by atoms with E-state index in [0.717, 1.165) is 12.8 Å². The Bertz CT molecular complexity index is 90.2. The van der Waals surface area contributed by atoms with Gasteiger partial charge in [0.05, 0.1) is 6.61 Å². The summed E-state index contributed by atoms with van der Waals surface area (Å²) < 4.78 is 9.83. The third-order valence-electron chi connectivity index (χ3n) is 1.53. The van der Waals surface area contributed by atoms with Crippen LogP contribution >= 0.6 is 0 Å². The van der Waals surface area contributed by atoms with Gasteiger partial charge in [0, 0.05) is 6.42 Å². The highest BCUT2D eigenvalue weighted by molar-refractivity contribution is 5.98. The zero-order valence-corrected chi connectivity index (χ0v) is 7.59. The van der Waals surface area contributed by atoms with Crippen molar-refractivity contribution in [3.8, 4) is 0 Å². The van der Waals surface area contributed by atoms with Crippen LogP contribution in [0.4, 0.5) is 0 Å². The van der Waals surface area contributed by atoms with Crippen LogP contribution in [0, 0.1) is 0 Å². The van der Waals surface area contributed by atoms with Gasteiger partial charge in [-0.3, -0.25) is 0 Å². The summed E-state index contributed by atoms with van der Waals surface area (Å²) in [4.78, 5) is 0. The predicted molar refractivity (Wildman–Crippen MR) is 35.8 cm³/mol. The SMILES string of the molecule is OC1(O[SiH3])CCCCO1. The van der Waals surface area contributed by atoms with Crippen LogP contribution in [0.15, 0.2) is 0 Å². The Morgan fingerprint density at radius 3 is 2.67 bits per heavy atom. The molecule has 0 radical (unpaired) electrons. The molecule has 1 aliphatic rings. The minimum atomic E-state index is -1.22. The van der Waals surface area contributed by atoms with Crippen LogP contribution in [-0.2, 0) is 9.16 Å². The Labute approximate surface area is 57.5 Å². The van der Waals surface area contributed by atoms with Crippen LogP contribution in [0.25, 0.3) is 0 Å². The number of hydrogen-bond donors (Lipinski definition) is 1. The molecule has 1 unspecified atom stereocenters. The van der Waals surface area contributed by atoms with Crippen molar-refractivity contribution in [2.24, 2.45) is 0 Å². The Morgan fingerprint density at radius 2 is 2.33 bits per heavy atom. The summed E-state index contributed by atoms with van der Waals surface area (Å²) >= 11 is 0. The summed E-state index contributed by atoms with van der Waals surface area (Å²) in [5, 5.41) is 9.27. The fourth-order valence-electron chi connectivity index (χ4n) is 0.915. The van der Waals surface area contributed by atoms with Crippen LogP contribution in [0.2, 0.25) is 0 Å². The second kappa shape index (κ2) is 2.79. The van der Waals surface area contributed by atoms with Gasteiger partial charge in [-0.1, -0.05) is 0 Å². The van der Waals surface area contributed by atoms with Crippen molar-refractivity contribution in [3.05, 3.63) is 0 Å². The molecular formula is C5H12O3Si. The molecule has 1 aliphatic heterocycles. The zero-order valence-electron chi connectivity index (χ0n) is 5.59. The monoisotopic (exact) mass is 148 g/mol. The largest absolute Gasteiger partial charge is 0.380 e. The molecule has 1 rings (SSSR count). The molecule has 1 atom stereocenters. The molecule has 0 aliphatic carbocycles. The summed E-state index contributed by atoms with van der Waals surface area (Å²) in [6.45, 7) is 0.624. The van der Waals surface area contributed by atoms with Crippen molar-refractivity contribution in [3.63, 3.8) is 0 Å². The molecule has 4 heteroatoms. The molecule has 0 spiro atoms. The van der Waals surface area contributed by atoms with Crippen LogP contribution in [0.1, 0.15) is 19.3 Å². The molecule has 0 saturated carbocycles. The Balaban J connectivity index is 2.37. The lowest BCUT2D eigenvalue weighted by atomic mass is 10.2. The topological polar surface area (TPSA) is 38.7 Å². The highest BCUT2D eigenvalue weighted by Gasteiger charge is 2.28. The molecule has 0 aromatic carbocycles. The normalized spacial score (nSPS) is 37.0. The first kappa shape index (κ1) is 7.21. The summed E-state index contributed by atoms with van der Waals surface area (Å²) in [6.07, 6.45) is 2.66. The van der Waals surface area contributed by atoms with Crippen LogP contribution < -0.4 is 0 Å². The molecule has 9 heavy (non-hydrogen) atoms. The van der Waals surface area contributed by atoms with Crippen molar-refractivity contribution < 1.29 is 14.3 Å². The van der Waals surface area contributed by atoms with Crippen molar-refractivity contribution >= 4 is 10.5 Å². The minimum Gasteiger partial charge on any atom is -0.380 e. The third kappa shape index (κ3) is 1.75. The predicted octanol–water partition coefficient (Wildman–Crippen LogP) is -0.870. The number of ether oxygens (including phenoxy) is 1. The summed E-state index contributed by atoms with van der Waals surface area (Å²) in [6, 6.07) is 0. The number of hydrogen-bond acceptors (Lipinski definition) is 3. The molecule has 0 bridgehead atoms. The third-order valence-corrected chi connectivity index (χ3v) is 2.17. The molecule has 1 saturated heterocycles. The van der Waals surface area contributed by atoms with Crippen molar-refractivity contribution in [2.75, 3.05) is 6.61 Å². The first-order chi connectivity index (χ1) is 4.27. The fraction of sp³-hybridized carbons (Fsp3) is 1.00. The second-order valence-corrected chi connectivity index (χ2v) is 2.63. The molecule has 1 fully saturated rings. The summed E-state index contributed by atoms with van der Waals surface area (Å²) in [5.41, 5.74) is 0. The van der Waals surface area contributed by atoms with E-state index in [4.69, 9.17) is 9.16 Å². The number of aliphatic hydroxyl groups is 1. The van der Waals surface area contributed by atoms with Gasteiger partial charge in [-0.2, -0.15) is 0 Å². The second-order valence-electron chi connectivity index (χ2n) is 2.22. The van der Waals surface area contributed by atoms with E-state index in [2.05, 4.69) is 0 Å². The van der Waals surface area contributed by atoms with Gasteiger partial charge in [0.2, 0.25) is 0 Å². The highest BCUT2D eigenvalue weighted by atomic mass is 28.2. The maximum Gasteiger partial charge on any atom is 0.270 e. The average Bonchev–Trinajstić information content (AvgIpc) is 1.90. The highest BCUT2D eigenvalue weighted by Crippen LogP contribution is 2.21. The molecule has 0 amide bonds. The smallest absolute Gasteiger partial charge is 0.270 e. The van der Waals surface area contributed by atoms with Gasteiger partial charge in [-0.05, 0) is 12.8 Å². The average molecular weight is 148 g/mol. The van der Waals surface area contributed by atoms with Gasteiger partial charge >= 0.3 is 0 Å². The zero-order chi connectivity index (χ0) is 6.74. The lowest BCUT2D eigenvalue weighted by Crippen LogP contribution is -2.38. The first-order valence-corrected chi connectivity index (χ1v) is 4.00. The van der Waals surface area contributed by atoms with Gasteiger partial charge < -0.3 is 14.3 Å². The van der Waals surface area contributed by atoms with E-state index >= 15 is 0 Å². The van der Waals surface area contributed by atoms with Gasteiger partial charge in [-0.25, -0.2) is 0 Å². The Kier molecular flexibility index (Phi) is 2.23. The maximum atomic E-state index is 9.27. The van der Waals surface area contributed by atoms with E-state index in [0.29, 0.717) is 23.5 Å². The van der Waals surface area contributed by atoms with E-state index in [9.17, 15) is 5.11 Å². The van der Waals surface area contributed by atoms with Gasteiger partial charge in [0.1, 0.15) is 0 Å². The standard InChI is InChI=1S/C5H12O3Si/c6-5(8-9)3-1-2-4-7-5/h6H,1-4H2,9H3. The van der Waals surface area contributed by atoms with Gasteiger partial charge in [-0.15, -0.1) is 0 Å². The lowest BCUT2D eigenvalue weighted by molar-refractivity contribution is -0.334. The van der Waals surface area contributed by atoms with Gasteiger partial charge in [0.15, 0.2) is 10.5 Å². The maximum absolute atomic E-state index is 9.27. The number of rotatable bonds is 1. The Hall–Kier alpha value is 0.0969. The first-order valence-electron chi connectivity index (χ1n) is 3.18. The van der Waals surface area contributed by atoms with E-state index in [-0.39, 0.29) is 0 Å². The fourth-order valence-corrected chi connectivity index (χ4v) is 1.24. The summed E-state index contributed by atoms with van der Waals surface area (Å²) in [5.74, 6) is -1.22. The van der Waals surface area contributed by atoms with Crippen molar-refractivity contribution in [1.82, 2.24) is 0 Å². The Morgan fingerprint density at radius 1 is 1.56 bits per heavy atom.